The van der Waals surface area contributed by atoms with Gasteiger partial charge in [0.25, 0.3) is 0 Å². The van der Waals surface area contributed by atoms with Gasteiger partial charge in [-0.3, -0.25) is 0 Å². The first-order chi connectivity index (χ1) is 5.04. The third kappa shape index (κ3) is 1.13. The van der Waals surface area contributed by atoms with Gasteiger partial charge in [-0.25, -0.2) is 4.98 Å². The molecule has 0 spiro atoms. The highest BCUT2D eigenvalue weighted by molar-refractivity contribution is 5.44. The Bertz CT molecular complexity index is 268. The molecule has 0 aromatic carbocycles. The molecule has 0 atom stereocenters. The molecule has 0 saturated carbocycles. The molecule has 0 aliphatic rings. The zero-order chi connectivity index (χ0) is 8.59. The van der Waals surface area contributed by atoms with Crippen LogP contribution >= 0.6 is 0 Å². The van der Waals surface area contributed by atoms with Gasteiger partial charge in [0.05, 0.1) is 5.69 Å². The average molecular weight is 153 g/mol. The van der Waals surface area contributed by atoms with Crippen LogP contribution in [-0.4, -0.2) is 15.2 Å². The van der Waals surface area contributed by atoms with Crippen molar-refractivity contribution < 1.29 is 10.2 Å². The maximum Gasteiger partial charge on any atom is 0.214 e. The minimum Gasteiger partial charge on any atom is -0.506 e. The van der Waals surface area contributed by atoms with E-state index in [0.29, 0.717) is 16.8 Å². The van der Waals surface area contributed by atoms with Crippen LogP contribution < -0.4 is 0 Å². The van der Waals surface area contributed by atoms with Crippen LogP contribution in [0.4, 0.5) is 0 Å². The fourth-order valence-electron chi connectivity index (χ4n) is 0.912. The van der Waals surface area contributed by atoms with E-state index in [1.165, 1.54) is 0 Å². The van der Waals surface area contributed by atoms with Gasteiger partial charge < -0.3 is 10.2 Å². The highest BCUT2D eigenvalue weighted by Gasteiger charge is 2.08. The Morgan fingerprint density at radius 1 is 1.00 bits per heavy atom. The van der Waals surface area contributed by atoms with Crippen LogP contribution in [0, 0.1) is 20.8 Å². The van der Waals surface area contributed by atoms with E-state index >= 15 is 0 Å². The molecule has 0 unspecified atom stereocenters. The number of nitrogens with zero attached hydrogens (tertiary/aromatic N) is 1. The summed E-state index contributed by atoms with van der Waals surface area (Å²) >= 11 is 0. The van der Waals surface area contributed by atoms with Crippen LogP contribution in [-0.2, 0) is 0 Å². The monoisotopic (exact) mass is 153 g/mol. The summed E-state index contributed by atoms with van der Waals surface area (Å²) in [6.45, 7) is 5.12. The van der Waals surface area contributed by atoms with Crippen molar-refractivity contribution in [2.45, 2.75) is 20.8 Å². The second-order valence-electron chi connectivity index (χ2n) is 2.62. The predicted octanol–water partition coefficient (Wildman–Crippen LogP) is 1.42. The topological polar surface area (TPSA) is 53.4 Å². The van der Waals surface area contributed by atoms with Crippen molar-refractivity contribution in [3.8, 4) is 11.6 Å². The van der Waals surface area contributed by atoms with Gasteiger partial charge in [0.15, 0.2) is 0 Å². The van der Waals surface area contributed by atoms with Crippen molar-refractivity contribution in [3.05, 3.63) is 16.8 Å². The number of pyridine rings is 1. The molecule has 3 heteroatoms. The number of hydrogen-bond acceptors (Lipinski definition) is 3. The molecule has 0 radical (unpaired) electrons. The number of rotatable bonds is 0. The van der Waals surface area contributed by atoms with Crippen LogP contribution in [0.3, 0.4) is 0 Å². The molecule has 60 valence electrons. The largest absolute Gasteiger partial charge is 0.506 e. The summed E-state index contributed by atoms with van der Waals surface area (Å²) in [4.78, 5) is 3.74. The minimum absolute atomic E-state index is 0.00204. The Morgan fingerprint density at radius 3 is 2.09 bits per heavy atom. The van der Waals surface area contributed by atoms with E-state index in [0.717, 1.165) is 0 Å². The van der Waals surface area contributed by atoms with E-state index < -0.39 is 0 Å². The lowest BCUT2D eigenvalue weighted by molar-refractivity contribution is 0.428. The lowest BCUT2D eigenvalue weighted by Crippen LogP contribution is -1.90. The molecule has 2 N–H and O–H groups in total. The van der Waals surface area contributed by atoms with Crippen LogP contribution in [0.5, 0.6) is 11.6 Å². The van der Waals surface area contributed by atoms with E-state index in [4.69, 9.17) is 0 Å². The normalized spacial score (nSPS) is 10.1. The van der Waals surface area contributed by atoms with E-state index in [1.54, 1.807) is 20.8 Å². The highest BCUT2D eigenvalue weighted by Crippen LogP contribution is 2.27. The molecule has 11 heavy (non-hydrogen) atoms. The summed E-state index contributed by atoms with van der Waals surface area (Å²) in [5, 5.41) is 18.5. The second-order valence-corrected chi connectivity index (χ2v) is 2.62. The minimum atomic E-state index is -0.00204. The third-order valence-corrected chi connectivity index (χ3v) is 1.87. The molecule has 0 aliphatic heterocycles. The second kappa shape index (κ2) is 2.42. The summed E-state index contributed by atoms with van der Waals surface area (Å²) in [5.41, 5.74) is 1.79. The fourth-order valence-corrected chi connectivity index (χ4v) is 0.912. The Kier molecular flexibility index (Phi) is 1.72. The first kappa shape index (κ1) is 7.85. The smallest absolute Gasteiger partial charge is 0.214 e. The highest BCUT2D eigenvalue weighted by atomic mass is 16.3. The van der Waals surface area contributed by atoms with Crippen molar-refractivity contribution >= 4 is 0 Å². The SMILES string of the molecule is Cc1nc(O)c(C)c(C)c1O. The van der Waals surface area contributed by atoms with Gasteiger partial charge in [-0.1, -0.05) is 0 Å². The van der Waals surface area contributed by atoms with Gasteiger partial charge in [0.1, 0.15) is 5.75 Å². The fraction of sp³-hybridized carbons (Fsp3) is 0.375. The molecule has 0 bridgehead atoms. The molecule has 3 nitrogen and oxygen atoms in total. The van der Waals surface area contributed by atoms with Crippen molar-refractivity contribution in [1.29, 1.82) is 0 Å². The number of aromatic hydroxyl groups is 2. The molecule has 0 aliphatic carbocycles. The lowest BCUT2D eigenvalue weighted by atomic mass is 10.1. The third-order valence-electron chi connectivity index (χ3n) is 1.87. The van der Waals surface area contributed by atoms with Gasteiger partial charge in [-0.2, -0.15) is 0 Å². The van der Waals surface area contributed by atoms with Crippen molar-refractivity contribution in [3.63, 3.8) is 0 Å². The van der Waals surface area contributed by atoms with E-state index in [-0.39, 0.29) is 11.6 Å². The van der Waals surface area contributed by atoms with Gasteiger partial charge in [-0.05, 0) is 20.8 Å². The van der Waals surface area contributed by atoms with Crippen LogP contribution in [0.2, 0.25) is 0 Å². The molecular weight excluding hydrogens is 142 g/mol. The molecule has 0 saturated heterocycles. The first-order valence-electron chi connectivity index (χ1n) is 3.39. The van der Waals surface area contributed by atoms with Crippen molar-refractivity contribution in [2.75, 3.05) is 0 Å². The summed E-state index contributed by atoms with van der Waals surface area (Å²) in [7, 11) is 0. The van der Waals surface area contributed by atoms with Gasteiger partial charge in [0, 0.05) is 11.1 Å². The molecule has 1 heterocycles. The average Bonchev–Trinajstić information content (AvgIpc) is 1.97. The zero-order valence-electron chi connectivity index (χ0n) is 6.84. The quantitative estimate of drug-likeness (QED) is 0.592. The first-order valence-corrected chi connectivity index (χ1v) is 3.39. The Labute approximate surface area is 65.3 Å². The summed E-state index contributed by atoms with van der Waals surface area (Å²) < 4.78 is 0. The van der Waals surface area contributed by atoms with Crippen LogP contribution in [0.25, 0.3) is 0 Å². The summed E-state index contributed by atoms with van der Waals surface area (Å²) in [5.74, 6) is 0.165. The maximum atomic E-state index is 9.34. The summed E-state index contributed by atoms with van der Waals surface area (Å²) in [6.07, 6.45) is 0. The molecule has 0 fully saturated rings. The lowest BCUT2D eigenvalue weighted by Gasteiger charge is -2.06. The Hall–Kier alpha value is -1.25. The molecule has 1 aromatic rings. The molecular formula is C8H11NO2. The summed E-state index contributed by atoms with van der Waals surface area (Å²) in [6, 6.07) is 0. The predicted molar refractivity (Wildman–Crippen MR) is 41.8 cm³/mol. The number of aryl methyl sites for hydroxylation is 1. The Balaban J connectivity index is 3.46. The number of aromatic nitrogens is 1. The standard InChI is InChI=1S/C8H11NO2/c1-4-5(2)8(11)9-6(3)7(4)10/h10H,1-3H3,(H,9,11). The maximum absolute atomic E-state index is 9.34. The van der Waals surface area contributed by atoms with Gasteiger partial charge in [-0.15, -0.1) is 0 Å². The Morgan fingerprint density at radius 2 is 1.55 bits per heavy atom. The van der Waals surface area contributed by atoms with E-state index in [2.05, 4.69) is 4.98 Å². The molecule has 1 rings (SSSR count). The van der Waals surface area contributed by atoms with Gasteiger partial charge >= 0.3 is 0 Å². The van der Waals surface area contributed by atoms with Crippen molar-refractivity contribution in [2.24, 2.45) is 0 Å². The van der Waals surface area contributed by atoms with E-state index in [1.807, 2.05) is 0 Å². The molecule has 1 aromatic heterocycles. The van der Waals surface area contributed by atoms with Crippen LogP contribution in [0.1, 0.15) is 16.8 Å². The van der Waals surface area contributed by atoms with Gasteiger partial charge in [0.2, 0.25) is 5.88 Å². The molecule has 0 amide bonds. The van der Waals surface area contributed by atoms with Crippen LogP contribution in [0.15, 0.2) is 0 Å². The zero-order valence-corrected chi connectivity index (χ0v) is 6.84. The van der Waals surface area contributed by atoms with E-state index in [9.17, 15) is 10.2 Å². The van der Waals surface area contributed by atoms with Crippen molar-refractivity contribution in [1.82, 2.24) is 4.98 Å². The number of hydrogen-bond donors (Lipinski definition) is 2.